The Morgan fingerprint density at radius 1 is 1.05 bits per heavy atom. The number of hydrogen-bond donors (Lipinski definition) is 3. The van der Waals surface area contributed by atoms with Crippen LogP contribution in [0, 0.1) is 13.8 Å². The Bertz CT molecular complexity index is 1200. The Morgan fingerprint density at radius 2 is 1.73 bits per heavy atom. The summed E-state index contributed by atoms with van der Waals surface area (Å²) < 4.78 is 6.09. The highest BCUT2D eigenvalue weighted by atomic mass is 16.5. The molecule has 1 saturated heterocycles. The van der Waals surface area contributed by atoms with Crippen LogP contribution in [0.25, 0.3) is 0 Å². The third kappa shape index (κ3) is 9.31. The van der Waals surface area contributed by atoms with E-state index in [1.165, 1.54) is 12.2 Å². The zero-order chi connectivity index (χ0) is 29.8. The van der Waals surface area contributed by atoms with Crippen LogP contribution in [0.5, 0.6) is 5.75 Å². The second-order valence-electron chi connectivity index (χ2n) is 10.3. The fourth-order valence-electron chi connectivity index (χ4n) is 4.84. The van der Waals surface area contributed by atoms with Crippen molar-refractivity contribution >= 4 is 35.1 Å². The van der Waals surface area contributed by atoms with Gasteiger partial charge in [0, 0.05) is 36.9 Å². The Hall–Kier alpha value is -3.92. The summed E-state index contributed by atoms with van der Waals surface area (Å²) in [6.07, 6.45) is 6.37. The summed E-state index contributed by atoms with van der Waals surface area (Å²) in [5, 5.41) is 9.57. The summed E-state index contributed by atoms with van der Waals surface area (Å²) in [5.41, 5.74) is 2.52. The molecule has 0 aliphatic carbocycles. The Morgan fingerprint density at radius 3 is 2.34 bits per heavy atom. The highest BCUT2D eigenvalue weighted by molar-refractivity contribution is 5.99. The molecule has 2 amide bonds. The molecule has 41 heavy (non-hydrogen) atoms. The lowest BCUT2D eigenvalue weighted by atomic mass is 10.0. The molecule has 0 atom stereocenters. The van der Waals surface area contributed by atoms with Gasteiger partial charge in [-0.3, -0.25) is 14.5 Å². The zero-order valence-corrected chi connectivity index (χ0v) is 25.0. The summed E-state index contributed by atoms with van der Waals surface area (Å²) in [6.45, 7) is 20.4. The predicted molar refractivity (Wildman–Crippen MR) is 166 cm³/mol. The molecule has 3 N–H and O–H groups in total. The lowest BCUT2D eigenvalue weighted by molar-refractivity contribution is -0.126. The predicted octanol–water partition coefficient (Wildman–Crippen LogP) is 5.05. The van der Waals surface area contributed by atoms with E-state index in [0.717, 1.165) is 67.9 Å². The highest BCUT2D eigenvalue weighted by Crippen LogP contribution is 2.28. The first-order valence-corrected chi connectivity index (χ1v) is 14.5. The van der Waals surface area contributed by atoms with Crippen molar-refractivity contribution in [2.75, 3.05) is 55.3 Å². The normalized spacial score (nSPS) is 13.5. The van der Waals surface area contributed by atoms with E-state index in [4.69, 9.17) is 9.72 Å². The second kappa shape index (κ2) is 15.8. The van der Waals surface area contributed by atoms with Gasteiger partial charge in [0.15, 0.2) is 0 Å². The van der Waals surface area contributed by atoms with Crippen LogP contribution in [0.1, 0.15) is 50.7 Å². The van der Waals surface area contributed by atoms with Crippen molar-refractivity contribution in [3.8, 4) is 5.75 Å². The van der Waals surface area contributed by atoms with E-state index in [9.17, 15) is 9.59 Å². The highest BCUT2D eigenvalue weighted by Gasteiger charge is 2.23. The van der Waals surface area contributed by atoms with Gasteiger partial charge in [-0.25, -0.2) is 0 Å². The number of aromatic nitrogens is 2. The molecule has 0 bridgehead atoms. The van der Waals surface area contributed by atoms with Crippen LogP contribution >= 0.6 is 0 Å². The number of carbonyl (C=O) groups is 2. The number of likely N-dealkylation sites (tertiary alicyclic amines) is 1. The van der Waals surface area contributed by atoms with Crippen molar-refractivity contribution in [2.24, 2.45) is 0 Å². The van der Waals surface area contributed by atoms with Gasteiger partial charge >= 0.3 is 0 Å². The molecule has 222 valence electrons. The van der Waals surface area contributed by atoms with Gasteiger partial charge in [0.1, 0.15) is 24.0 Å². The molecule has 0 saturated carbocycles. The number of benzene rings is 1. The van der Waals surface area contributed by atoms with Crippen LogP contribution in [0.4, 0.5) is 23.3 Å². The third-order valence-electron chi connectivity index (χ3n) is 7.07. The average Bonchev–Trinajstić information content (AvgIpc) is 2.96. The van der Waals surface area contributed by atoms with Crippen LogP contribution in [0.2, 0.25) is 0 Å². The third-order valence-corrected chi connectivity index (χ3v) is 7.07. The quantitative estimate of drug-likeness (QED) is 0.258. The summed E-state index contributed by atoms with van der Waals surface area (Å²) in [6, 6.07) is 6.00. The minimum atomic E-state index is -0.353. The van der Waals surface area contributed by atoms with E-state index in [2.05, 4.69) is 52.8 Å². The molecule has 0 radical (unpaired) electrons. The van der Waals surface area contributed by atoms with Crippen molar-refractivity contribution in [3.05, 3.63) is 54.6 Å². The van der Waals surface area contributed by atoms with Gasteiger partial charge in [-0.15, -0.1) is 0 Å². The molecule has 3 rings (SSSR count). The topological polar surface area (TPSA) is 112 Å². The van der Waals surface area contributed by atoms with E-state index in [1.807, 2.05) is 32.0 Å². The minimum Gasteiger partial charge on any atom is -0.492 e. The minimum absolute atomic E-state index is 0.0516. The summed E-state index contributed by atoms with van der Waals surface area (Å²) >= 11 is 0. The van der Waals surface area contributed by atoms with Crippen LogP contribution in [0.15, 0.2) is 43.5 Å². The zero-order valence-electron chi connectivity index (χ0n) is 25.0. The Labute approximate surface area is 244 Å². The summed E-state index contributed by atoms with van der Waals surface area (Å²) in [7, 11) is 0. The smallest absolute Gasteiger partial charge is 0.248 e. The molecule has 2 aromatic rings. The SMILES string of the molecule is C=CC(=O)Nc1nc(Nc2ccc(OCCN(CCC)CCC)c(C)c2)nc(NC2CCN(C(=O)C=C)CC2)c1C. The first kappa shape index (κ1) is 31.6. The van der Waals surface area contributed by atoms with Gasteiger partial charge < -0.3 is 25.6 Å². The first-order chi connectivity index (χ1) is 19.8. The van der Waals surface area contributed by atoms with E-state index < -0.39 is 0 Å². The number of carbonyl (C=O) groups excluding carboxylic acids is 2. The van der Waals surface area contributed by atoms with Crippen molar-refractivity contribution in [1.82, 2.24) is 19.8 Å². The van der Waals surface area contributed by atoms with Gasteiger partial charge in [-0.1, -0.05) is 27.0 Å². The van der Waals surface area contributed by atoms with Gasteiger partial charge in [0.25, 0.3) is 0 Å². The average molecular weight is 564 g/mol. The summed E-state index contributed by atoms with van der Waals surface area (Å²) in [4.78, 5) is 37.6. The molecule has 2 heterocycles. The number of hydrogen-bond acceptors (Lipinski definition) is 8. The maximum atomic E-state index is 12.1. The number of nitrogens with one attached hydrogen (secondary N) is 3. The van der Waals surface area contributed by atoms with E-state index in [0.29, 0.717) is 37.3 Å². The molecule has 1 aromatic heterocycles. The molecule has 0 spiro atoms. The number of nitrogens with zero attached hydrogens (tertiary/aromatic N) is 4. The Balaban J connectivity index is 1.73. The first-order valence-electron chi connectivity index (χ1n) is 14.5. The van der Waals surface area contributed by atoms with Crippen LogP contribution in [-0.2, 0) is 9.59 Å². The molecule has 10 nitrogen and oxygen atoms in total. The number of ether oxygens (including phenoxy) is 1. The standard InChI is InChI=1S/C31H45N7O3/c1-7-15-37(16-8-2)19-20-41-26-12-11-25(21-22(26)5)33-31-35-29(23(6)30(36-31)34-27(39)9-3)32-24-13-17-38(18-14-24)28(40)10-4/h9-12,21,24H,3-4,7-8,13-20H2,1-2,5-6H3,(H3,32,33,34,35,36,39). The van der Waals surface area contributed by atoms with Crippen LogP contribution in [-0.4, -0.2) is 77.0 Å². The maximum Gasteiger partial charge on any atom is 0.248 e. The van der Waals surface area contributed by atoms with Crippen molar-refractivity contribution in [3.63, 3.8) is 0 Å². The van der Waals surface area contributed by atoms with E-state index in [-0.39, 0.29) is 17.9 Å². The fourth-order valence-corrected chi connectivity index (χ4v) is 4.84. The lowest BCUT2D eigenvalue weighted by Gasteiger charge is -2.32. The molecule has 1 aliphatic rings. The monoisotopic (exact) mass is 563 g/mol. The fraction of sp³-hybridized carbons (Fsp3) is 0.484. The molecule has 1 aromatic carbocycles. The Kier molecular flexibility index (Phi) is 12.1. The molecule has 0 unspecified atom stereocenters. The van der Waals surface area contributed by atoms with Gasteiger partial charge in [-0.2, -0.15) is 9.97 Å². The molecular weight excluding hydrogens is 518 g/mol. The lowest BCUT2D eigenvalue weighted by Crippen LogP contribution is -2.41. The number of amides is 2. The van der Waals surface area contributed by atoms with Crippen molar-refractivity contribution in [1.29, 1.82) is 0 Å². The van der Waals surface area contributed by atoms with Gasteiger partial charge in [0.05, 0.1) is 0 Å². The molecule has 1 fully saturated rings. The van der Waals surface area contributed by atoms with Crippen LogP contribution < -0.4 is 20.7 Å². The largest absolute Gasteiger partial charge is 0.492 e. The van der Waals surface area contributed by atoms with Gasteiger partial charge in [0.2, 0.25) is 17.8 Å². The molecule has 10 heteroatoms. The van der Waals surface area contributed by atoms with Gasteiger partial charge in [-0.05, 0) is 88.5 Å². The summed E-state index contributed by atoms with van der Waals surface area (Å²) in [5.74, 6) is 1.80. The van der Waals surface area contributed by atoms with Crippen molar-refractivity contribution < 1.29 is 14.3 Å². The second-order valence-corrected chi connectivity index (χ2v) is 10.3. The molecule has 1 aliphatic heterocycles. The van der Waals surface area contributed by atoms with Crippen LogP contribution in [0.3, 0.4) is 0 Å². The number of piperidine rings is 1. The van der Waals surface area contributed by atoms with Crippen molar-refractivity contribution in [2.45, 2.75) is 59.4 Å². The number of aryl methyl sites for hydroxylation is 1. The van der Waals surface area contributed by atoms with E-state index >= 15 is 0 Å². The molecular formula is C31H45N7O3. The van der Waals surface area contributed by atoms with E-state index in [1.54, 1.807) is 4.90 Å². The maximum absolute atomic E-state index is 12.1. The number of anilines is 4. The number of rotatable bonds is 15.